The summed E-state index contributed by atoms with van der Waals surface area (Å²) < 4.78 is 2.43. The minimum Gasteiger partial charge on any atom is -0.388 e. The second-order valence-corrected chi connectivity index (χ2v) is 5.85. The van der Waals surface area contributed by atoms with Crippen molar-refractivity contribution in [3.63, 3.8) is 0 Å². The summed E-state index contributed by atoms with van der Waals surface area (Å²) in [6, 6.07) is 13.5. The fourth-order valence-electron chi connectivity index (χ4n) is 3.55. The minimum atomic E-state index is -0.237. The van der Waals surface area contributed by atoms with E-state index in [4.69, 9.17) is 0 Å². The first-order valence-corrected chi connectivity index (χ1v) is 7.27. The van der Waals surface area contributed by atoms with E-state index in [0.29, 0.717) is 12.0 Å². The van der Waals surface area contributed by atoms with Gasteiger partial charge in [0.05, 0.1) is 6.10 Å². The predicted octanol–water partition coefficient (Wildman–Crippen LogP) is 3.59. The van der Waals surface area contributed by atoms with Gasteiger partial charge in [-0.3, -0.25) is 0 Å². The van der Waals surface area contributed by atoms with Crippen LogP contribution in [0, 0.1) is 0 Å². The van der Waals surface area contributed by atoms with E-state index < -0.39 is 0 Å². The molecule has 1 heterocycles. The number of hydrogen-bond donors (Lipinski definition) is 1. The summed E-state index contributed by atoms with van der Waals surface area (Å²) in [6.07, 6.45) is 6.34. The van der Waals surface area contributed by atoms with Gasteiger partial charge in [0.25, 0.3) is 0 Å². The maximum atomic E-state index is 10.0. The van der Waals surface area contributed by atoms with Gasteiger partial charge in [0.2, 0.25) is 0 Å². The molecule has 4 rings (SSSR count). The Bertz CT molecular complexity index is 587. The number of hydrogen-bond acceptors (Lipinski definition) is 1. The fourth-order valence-corrected chi connectivity index (χ4v) is 3.55. The van der Waals surface area contributed by atoms with Crippen LogP contribution in [-0.4, -0.2) is 9.67 Å². The van der Waals surface area contributed by atoms with Gasteiger partial charge in [-0.25, -0.2) is 0 Å². The van der Waals surface area contributed by atoms with Crippen molar-refractivity contribution in [2.45, 2.75) is 43.7 Å². The van der Waals surface area contributed by atoms with E-state index in [9.17, 15) is 5.11 Å². The molecule has 2 aliphatic rings. The first-order chi connectivity index (χ1) is 9.34. The first kappa shape index (κ1) is 11.3. The van der Waals surface area contributed by atoms with Gasteiger partial charge in [-0.15, -0.1) is 0 Å². The predicted molar refractivity (Wildman–Crippen MR) is 75.2 cm³/mol. The molecule has 0 saturated heterocycles. The van der Waals surface area contributed by atoms with Gasteiger partial charge in [-0.05, 0) is 37.3 Å². The molecule has 3 atom stereocenters. The lowest BCUT2D eigenvalue weighted by Gasteiger charge is -2.20. The summed E-state index contributed by atoms with van der Waals surface area (Å²) in [5.74, 6) is 0.664. The molecule has 2 heteroatoms. The molecule has 1 saturated carbocycles. The van der Waals surface area contributed by atoms with Gasteiger partial charge in [0.1, 0.15) is 0 Å². The first-order valence-electron chi connectivity index (χ1n) is 7.27. The lowest BCUT2D eigenvalue weighted by Crippen LogP contribution is -2.11. The van der Waals surface area contributed by atoms with Crippen molar-refractivity contribution in [1.29, 1.82) is 0 Å². The van der Waals surface area contributed by atoms with Crippen LogP contribution in [0.25, 0.3) is 0 Å². The summed E-state index contributed by atoms with van der Waals surface area (Å²) in [5, 5.41) is 10.0. The van der Waals surface area contributed by atoms with Crippen LogP contribution in [0.3, 0.4) is 0 Å². The number of fused-ring (bicyclic) bond motifs is 1. The number of aliphatic hydroxyl groups excluding tert-OH is 1. The van der Waals surface area contributed by atoms with Crippen LogP contribution in [0.15, 0.2) is 42.6 Å². The molecule has 1 fully saturated rings. The zero-order chi connectivity index (χ0) is 12.8. The Morgan fingerprint density at radius 3 is 2.79 bits per heavy atom. The Morgan fingerprint density at radius 2 is 1.95 bits per heavy atom. The number of benzene rings is 1. The number of nitrogens with zero attached hydrogens (tertiary/aromatic N) is 1. The molecule has 3 unspecified atom stereocenters. The van der Waals surface area contributed by atoms with Crippen LogP contribution in [0.1, 0.15) is 54.1 Å². The summed E-state index contributed by atoms with van der Waals surface area (Å²) in [4.78, 5) is 0. The molecule has 0 spiro atoms. The van der Waals surface area contributed by atoms with E-state index in [1.807, 2.05) is 0 Å². The highest BCUT2D eigenvalue weighted by Gasteiger charge is 2.41. The van der Waals surface area contributed by atoms with Gasteiger partial charge in [0.15, 0.2) is 0 Å². The van der Waals surface area contributed by atoms with Gasteiger partial charge in [-0.1, -0.05) is 30.3 Å². The minimum absolute atomic E-state index is 0.237. The Hall–Kier alpha value is -1.54. The highest BCUT2D eigenvalue weighted by molar-refractivity contribution is 5.33. The van der Waals surface area contributed by atoms with Crippen molar-refractivity contribution in [2.75, 3.05) is 0 Å². The highest BCUT2D eigenvalue weighted by atomic mass is 16.3. The van der Waals surface area contributed by atoms with E-state index in [0.717, 1.165) is 19.3 Å². The van der Waals surface area contributed by atoms with Gasteiger partial charge in [0, 0.05) is 29.4 Å². The molecule has 0 amide bonds. The van der Waals surface area contributed by atoms with Crippen LogP contribution < -0.4 is 0 Å². The quantitative estimate of drug-likeness (QED) is 0.869. The molecule has 2 aromatic rings. The standard InChI is InChI=1S/C17H19NO/c19-17-8-4-7-15-13(17)9-10-18(15)16-11-14(16)12-5-2-1-3-6-12/h1-3,5-6,9-10,14,16-17,19H,4,7-8,11H2. The van der Waals surface area contributed by atoms with Crippen molar-refractivity contribution in [3.8, 4) is 0 Å². The zero-order valence-electron chi connectivity index (χ0n) is 11.0. The van der Waals surface area contributed by atoms with Crippen molar-refractivity contribution >= 4 is 0 Å². The summed E-state index contributed by atoms with van der Waals surface area (Å²) >= 11 is 0. The molecule has 1 aromatic heterocycles. The third-order valence-corrected chi connectivity index (χ3v) is 4.65. The normalized spacial score (nSPS) is 29.0. The Morgan fingerprint density at radius 1 is 1.11 bits per heavy atom. The average Bonchev–Trinajstić information content (AvgIpc) is 3.12. The Labute approximate surface area is 113 Å². The number of aromatic nitrogens is 1. The van der Waals surface area contributed by atoms with Crippen molar-refractivity contribution in [1.82, 2.24) is 4.57 Å². The van der Waals surface area contributed by atoms with E-state index >= 15 is 0 Å². The summed E-state index contributed by atoms with van der Waals surface area (Å²) in [6.45, 7) is 0. The van der Waals surface area contributed by atoms with Crippen LogP contribution in [-0.2, 0) is 6.42 Å². The number of rotatable bonds is 2. The van der Waals surface area contributed by atoms with Crippen molar-refractivity contribution < 1.29 is 5.11 Å². The molecule has 0 radical (unpaired) electrons. The van der Waals surface area contributed by atoms with Crippen LogP contribution in [0.4, 0.5) is 0 Å². The lowest BCUT2D eigenvalue weighted by atomic mass is 9.95. The largest absolute Gasteiger partial charge is 0.388 e. The monoisotopic (exact) mass is 253 g/mol. The van der Waals surface area contributed by atoms with E-state index in [1.165, 1.54) is 23.2 Å². The molecule has 2 nitrogen and oxygen atoms in total. The molecular weight excluding hydrogens is 234 g/mol. The zero-order valence-corrected chi connectivity index (χ0v) is 11.0. The van der Waals surface area contributed by atoms with Gasteiger partial charge >= 0.3 is 0 Å². The van der Waals surface area contributed by atoms with Crippen molar-refractivity contribution in [2.24, 2.45) is 0 Å². The highest BCUT2D eigenvalue weighted by Crippen LogP contribution is 2.52. The van der Waals surface area contributed by atoms with E-state index in [-0.39, 0.29) is 6.10 Å². The average molecular weight is 253 g/mol. The molecule has 0 aliphatic heterocycles. The maximum Gasteiger partial charge on any atom is 0.0807 e. The van der Waals surface area contributed by atoms with Crippen LogP contribution >= 0.6 is 0 Å². The maximum absolute atomic E-state index is 10.0. The molecule has 1 N–H and O–H groups in total. The van der Waals surface area contributed by atoms with Crippen LogP contribution in [0.2, 0.25) is 0 Å². The Kier molecular flexibility index (Phi) is 2.52. The smallest absolute Gasteiger partial charge is 0.0807 e. The van der Waals surface area contributed by atoms with E-state index in [1.54, 1.807) is 0 Å². The topological polar surface area (TPSA) is 25.2 Å². The second-order valence-electron chi connectivity index (χ2n) is 5.85. The molecule has 1 aromatic carbocycles. The van der Waals surface area contributed by atoms with Gasteiger partial charge < -0.3 is 9.67 Å². The lowest BCUT2D eigenvalue weighted by molar-refractivity contribution is 0.155. The molecule has 19 heavy (non-hydrogen) atoms. The van der Waals surface area contributed by atoms with Crippen LogP contribution in [0.5, 0.6) is 0 Å². The fraction of sp³-hybridized carbons (Fsp3) is 0.412. The summed E-state index contributed by atoms with van der Waals surface area (Å²) in [5.41, 5.74) is 4.00. The third-order valence-electron chi connectivity index (χ3n) is 4.65. The van der Waals surface area contributed by atoms with Crippen molar-refractivity contribution in [3.05, 3.63) is 59.4 Å². The third kappa shape index (κ3) is 1.82. The molecule has 0 bridgehead atoms. The SMILES string of the molecule is OC1CCCc2c1ccn2C1CC1c1ccccc1. The van der Waals surface area contributed by atoms with E-state index in [2.05, 4.69) is 47.2 Å². The molecule has 98 valence electrons. The number of aliphatic hydroxyl groups is 1. The molecule has 2 aliphatic carbocycles. The second kappa shape index (κ2) is 4.24. The summed E-state index contributed by atoms with van der Waals surface area (Å²) in [7, 11) is 0. The molecular formula is C17H19NO. The Balaban J connectivity index is 1.62. The van der Waals surface area contributed by atoms with Gasteiger partial charge in [-0.2, -0.15) is 0 Å².